The van der Waals surface area contributed by atoms with Crippen LogP contribution in [0, 0.1) is 0 Å². The minimum absolute atomic E-state index is 0.0291. The number of anilines is 1. The Hall–Kier alpha value is -3.08. The van der Waals surface area contributed by atoms with E-state index in [1.807, 2.05) is 0 Å². The van der Waals surface area contributed by atoms with Crippen molar-refractivity contribution in [1.82, 2.24) is 5.43 Å². The number of hydrogen-bond donors (Lipinski definition) is 1. The Labute approximate surface area is 211 Å². The number of sulfonamides is 1. The maximum absolute atomic E-state index is 13.3. The third-order valence-electron chi connectivity index (χ3n) is 4.60. The Balaban J connectivity index is 1.83. The summed E-state index contributed by atoms with van der Waals surface area (Å²) in [5.41, 5.74) is 3.15. The number of halogens is 2. The molecule has 0 fully saturated rings. The second-order valence-electron chi connectivity index (χ2n) is 6.81. The fourth-order valence-electron chi connectivity index (χ4n) is 3.03. The second kappa shape index (κ2) is 11.4. The highest BCUT2D eigenvalue weighted by molar-refractivity contribution is 9.10. The van der Waals surface area contributed by atoms with Gasteiger partial charge in [-0.25, -0.2) is 13.8 Å². The lowest BCUT2D eigenvalue weighted by Crippen LogP contribution is -2.39. The minimum atomic E-state index is -4.07. The summed E-state index contributed by atoms with van der Waals surface area (Å²) in [6.45, 7) is -0.534. The Morgan fingerprint density at radius 2 is 1.76 bits per heavy atom. The van der Waals surface area contributed by atoms with Gasteiger partial charge in [-0.05, 0) is 57.9 Å². The third kappa shape index (κ3) is 5.88. The second-order valence-corrected chi connectivity index (χ2v) is 9.93. The zero-order valence-electron chi connectivity index (χ0n) is 18.2. The molecular weight excluding hydrogens is 546 g/mol. The van der Waals surface area contributed by atoms with Crippen LogP contribution in [0.5, 0.6) is 11.5 Å². The zero-order valence-corrected chi connectivity index (χ0v) is 21.4. The highest BCUT2D eigenvalue weighted by Gasteiger charge is 2.28. The molecule has 0 unspecified atom stereocenters. The molecule has 0 bridgehead atoms. The smallest absolute Gasteiger partial charge is 0.264 e. The largest absolute Gasteiger partial charge is 0.493 e. The summed E-state index contributed by atoms with van der Waals surface area (Å²) < 4.78 is 38.7. The fourth-order valence-corrected chi connectivity index (χ4v) is 5.40. The Morgan fingerprint density at radius 3 is 2.41 bits per heavy atom. The van der Waals surface area contributed by atoms with E-state index in [4.69, 9.17) is 21.1 Å². The molecule has 3 aromatic rings. The maximum atomic E-state index is 13.3. The van der Waals surface area contributed by atoms with Crippen LogP contribution >= 0.6 is 27.5 Å². The number of amides is 1. The molecule has 8 nitrogen and oxygen atoms in total. The van der Waals surface area contributed by atoms with Crippen molar-refractivity contribution >= 4 is 55.4 Å². The molecule has 0 heterocycles. The molecule has 3 aromatic carbocycles. The predicted molar refractivity (Wildman–Crippen MR) is 135 cm³/mol. The van der Waals surface area contributed by atoms with Gasteiger partial charge in [0, 0.05) is 0 Å². The third-order valence-corrected chi connectivity index (χ3v) is 7.28. The number of para-hydroxylation sites is 1. The summed E-state index contributed by atoms with van der Waals surface area (Å²) in [4.78, 5) is 12.7. The Morgan fingerprint density at radius 1 is 1.09 bits per heavy atom. The Kier molecular flexibility index (Phi) is 8.54. The molecule has 0 aliphatic carbocycles. The summed E-state index contributed by atoms with van der Waals surface area (Å²) in [5.74, 6) is 0.337. The highest BCUT2D eigenvalue weighted by atomic mass is 79.9. The summed E-state index contributed by atoms with van der Waals surface area (Å²) in [6, 6.07) is 17.6. The van der Waals surface area contributed by atoms with Crippen LogP contribution in [0.4, 0.5) is 5.69 Å². The van der Waals surface area contributed by atoms with Crippen LogP contribution < -0.4 is 19.2 Å². The van der Waals surface area contributed by atoms with Crippen LogP contribution in [0.15, 0.2) is 81.2 Å². The number of carbonyl (C=O) groups is 1. The first-order valence-electron chi connectivity index (χ1n) is 9.83. The van der Waals surface area contributed by atoms with Gasteiger partial charge in [-0.15, -0.1) is 0 Å². The lowest BCUT2D eigenvalue weighted by molar-refractivity contribution is -0.119. The van der Waals surface area contributed by atoms with Crippen molar-refractivity contribution in [3.8, 4) is 11.5 Å². The first kappa shape index (κ1) is 25.5. The molecule has 0 aliphatic rings. The van der Waals surface area contributed by atoms with Gasteiger partial charge in [0.1, 0.15) is 6.54 Å². The standard InChI is InChI=1S/C23H21BrClN3O5S/c1-32-21-13-16(12-18(24)23(21)33-2)14-26-27-22(29)15-28(20-11-7-6-10-19(20)25)34(30,31)17-8-4-3-5-9-17/h3-14H,15H2,1-2H3,(H,27,29)/b26-14-. The quantitative estimate of drug-likeness (QED) is 0.305. The first-order chi connectivity index (χ1) is 16.3. The molecule has 0 saturated carbocycles. The molecule has 34 heavy (non-hydrogen) atoms. The van der Waals surface area contributed by atoms with Crippen LogP contribution in [0.25, 0.3) is 0 Å². The number of rotatable bonds is 9. The van der Waals surface area contributed by atoms with Crippen LogP contribution in [0.3, 0.4) is 0 Å². The lowest BCUT2D eigenvalue weighted by Gasteiger charge is -2.24. The van der Waals surface area contributed by atoms with Gasteiger partial charge in [-0.1, -0.05) is 41.9 Å². The van der Waals surface area contributed by atoms with Gasteiger partial charge in [0.05, 0.1) is 40.5 Å². The van der Waals surface area contributed by atoms with Gasteiger partial charge in [0.25, 0.3) is 15.9 Å². The Bertz CT molecular complexity index is 1300. The zero-order chi connectivity index (χ0) is 24.7. The fraction of sp³-hybridized carbons (Fsp3) is 0.130. The van der Waals surface area contributed by atoms with Gasteiger partial charge in [0.15, 0.2) is 11.5 Å². The summed E-state index contributed by atoms with van der Waals surface area (Å²) in [7, 11) is -1.05. The minimum Gasteiger partial charge on any atom is -0.493 e. The number of ether oxygens (including phenoxy) is 2. The molecule has 0 saturated heterocycles. The normalized spacial score (nSPS) is 11.3. The molecular formula is C23H21BrClN3O5S. The monoisotopic (exact) mass is 565 g/mol. The van der Waals surface area contributed by atoms with Gasteiger partial charge in [0.2, 0.25) is 0 Å². The van der Waals surface area contributed by atoms with E-state index in [1.54, 1.807) is 48.5 Å². The van der Waals surface area contributed by atoms with E-state index >= 15 is 0 Å². The van der Waals surface area contributed by atoms with Crippen molar-refractivity contribution < 1.29 is 22.7 Å². The van der Waals surface area contributed by atoms with E-state index in [-0.39, 0.29) is 15.6 Å². The topological polar surface area (TPSA) is 97.3 Å². The molecule has 0 spiro atoms. The van der Waals surface area contributed by atoms with Crippen molar-refractivity contribution in [2.75, 3.05) is 25.1 Å². The van der Waals surface area contributed by atoms with Crippen molar-refractivity contribution in [3.05, 3.63) is 81.8 Å². The van der Waals surface area contributed by atoms with E-state index in [2.05, 4.69) is 26.5 Å². The van der Waals surface area contributed by atoms with Crippen molar-refractivity contribution in [2.45, 2.75) is 4.90 Å². The van der Waals surface area contributed by atoms with E-state index in [0.717, 1.165) is 4.31 Å². The lowest BCUT2D eigenvalue weighted by atomic mass is 10.2. The predicted octanol–water partition coefficient (Wildman–Crippen LogP) is 4.47. The van der Waals surface area contributed by atoms with E-state index in [9.17, 15) is 13.2 Å². The van der Waals surface area contributed by atoms with Gasteiger partial charge < -0.3 is 9.47 Å². The number of hydrazone groups is 1. The number of benzene rings is 3. The van der Waals surface area contributed by atoms with Crippen molar-refractivity contribution in [1.29, 1.82) is 0 Å². The number of nitrogens with one attached hydrogen (secondary N) is 1. The molecule has 1 N–H and O–H groups in total. The first-order valence-corrected chi connectivity index (χ1v) is 12.4. The summed E-state index contributed by atoms with van der Waals surface area (Å²) in [5, 5.41) is 4.13. The molecule has 0 atom stereocenters. The molecule has 3 rings (SSSR count). The average molecular weight is 567 g/mol. The maximum Gasteiger partial charge on any atom is 0.264 e. The van der Waals surface area contributed by atoms with Crippen molar-refractivity contribution in [3.63, 3.8) is 0 Å². The number of hydrogen-bond acceptors (Lipinski definition) is 6. The molecule has 0 aliphatic heterocycles. The molecule has 178 valence electrons. The van der Waals surface area contributed by atoms with E-state index < -0.39 is 22.5 Å². The molecule has 0 radical (unpaired) electrons. The number of nitrogens with zero attached hydrogens (tertiary/aromatic N) is 2. The van der Waals surface area contributed by atoms with Gasteiger partial charge in [-0.3, -0.25) is 9.10 Å². The van der Waals surface area contributed by atoms with Crippen LogP contribution in [-0.4, -0.2) is 41.3 Å². The van der Waals surface area contributed by atoms with Crippen LogP contribution in [0.1, 0.15) is 5.56 Å². The van der Waals surface area contributed by atoms with Crippen LogP contribution in [-0.2, 0) is 14.8 Å². The highest BCUT2D eigenvalue weighted by Crippen LogP contribution is 2.36. The average Bonchev–Trinajstić information content (AvgIpc) is 2.83. The van der Waals surface area contributed by atoms with Crippen LogP contribution in [0.2, 0.25) is 5.02 Å². The van der Waals surface area contributed by atoms with Crippen molar-refractivity contribution in [2.24, 2.45) is 5.10 Å². The van der Waals surface area contributed by atoms with E-state index in [0.29, 0.717) is 21.5 Å². The summed E-state index contributed by atoms with van der Waals surface area (Å²) in [6.07, 6.45) is 1.40. The molecule has 1 amide bonds. The van der Waals surface area contributed by atoms with Gasteiger partial charge >= 0.3 is 0 Å². The SMILES string of the molecule is COc1cc(/C=N\NC(=O)CN(c2ccccc2Cl)S(=O)(=O)c2ccccc2)cc(Br)c1OC. The van der Waals surface area contributed by atoms with Gasteiger partial charge in [-0.2, -0.15) is 5.10 Å². The number of methoxy groups -OCH3 is 2. The van der Waals surface area contributed by atoms with E-state index in [1.165, 1.54) is 38.6 Å². The molecule has 0 aromatic heterocycles. The number of carbonyl (C=O) groups excluding carboxylic acids is 1. The summed E-state index contributed by atoms with van der Waals surface area (Å²) >= 11 is 9.64. The molecule has 11 heteroatoms.